The Hall–Kier alpha value is -3.58. The summed E-state index contributed by atoms with van der Waals surface area (Å²) in [6.07, 6.45) is 7.50. The molecule has 1 saturated heterocycles. The van der Waals surface area contributed by atoms with Crippen LogP contribution in [-0.2, 0) is 4.79 Å². The Balaban J connectivity index is 1.39. The highest BCUT2D eigenvalue weighted by atomic mass is 35.5. The normalized spacial score (nSPS) is 14.5. The fraction of sp³-hybridized carbons (Fsp3) is 0.240. The van der Waals surface area contributed by atoms with Crippen molar-refractivity contribution in [2.24, 2.45) is 0 Å². The van der Waals surface area contributed by atoms with Gasteiger partial charge in [-0.15, -0.1) is 0 Å². The summed E-state index contributed by atoms with van der Waals surface area (Å²) in [5.41, 5.74) is 11.9. The molecule has 0 aliphatic carbocycles. The van der Waals surface area contributed by atoms with E-state index in [-0.39, 0.29) is 5.91 Å². The van der Waals surface area contributed by atoms with Crippen LogP contribution in [0.15, 0.2) is 61.1 Å². The first-order chi connectivity index (χ1) is 16.0. The van der Waals surface area contributed by atoms with Crippen LogP contribution in [0.25, 0.3) is 33.6 Å². The van der Waals surface area contributed by atoms with Crippen LogP contribution in [0.2, 0.25) is 5.02 Å². The number of anilines is 1. The molecule has 1 aliphatic heterocycles. The first kappa shape index (κ1) is 21.3. The molecule has 33 heavy (non-hydrogen) atoms. The van der Waals surface area contributed by atoms with Crippen molar-refractivity contribution in [3.8, 4) is 33.6 Å². The number of pyridine rings is 1. The number of nitrogens with zero attached hydrogens (tertiary/aromatic N) is 4. The monoisotopic (exact) mass is 460 g/mol. The number of carbonyl (C=O) groups excluding carboxylic acids is 1. The molecule has 3 aromatic heterocycles. The highest BCUT2D eigenvalue weighted by Crippen LogP contribution is 2.32. The van der Waals surface area contributed by atoms with Crippen LogP contribution in [0.5, 0.6) is 0 Å². The lowest BCUT2D eigenvalue weighted by Gasteiger charge is -2.31. The molecule has 0 bridgehead atoms. The van der Waals surface area contributed by atoms with Gasteiger partial charge in [0.25, 0.3) is 0 Å². The van der Waals surface area contributed by atoms with E-state index in [9.17, 15) is 4.79 Å². The third kappa shape index (κ3) is 4.36. The second kappa shape index (κ2) is 8.75. The number of nitrogen functional groups attached to an aromatic ring is 1. The Morgan fingerprint density at radius 1 is 1.06 bits per heavy atom. The molecule has 0 radical (unpaired) electrons. The van der Waals surface area contributed by atoms with Crippen molar-refractivity contribution in [1.29, 1.82) is 0 Å². The number of hydrogen-bond acceptors (Lipinski definition) is 4. The summed E-state index contributed by atoms with van der Waals surface area (Å²) >= 11 is 6.14. The largest absolute Gasteiger partial charge is 0.383 e. The molecule has 7 nitrogen and oxygen atoms in total. The SMILES string of the molecule is CC(=O)N1CCC(n2cc(-c3cnc(N)c(-c4ccc(-c5cccc(Cl)c5)[nH]4)c3)cn2)CC1. The lowest BCUT2D eigenvalue weighted by Crippen LogP contribution is -2.37. The predicted octanol–water partition coefficient (Wildman–Crippen LogP) is 5.03. The fourth-order valence-electron chi connectivity index (χ4n) is 4.36. The number of aromatic amines is 1. The number of aromatic nitrogens is 4. The fourth-order valence-corrected chi connectivity index (χ4v) is 4.55. The Kier molecular flexibility index (Phi) is 5.64. The number of piperidine rings is 1. The smallest absolute Gasteiger partial charge is 0.219 e. The third-order valence-electron chi connectivity index (χ3n) is 6.25. The summed E-state index contributed by atoms with van der Waals surface area (Å²) in [5.74, 6) is 0.597. The number of likely N-dealkylation sites (tertiary alicyclic amines) is 1. The Labute approximate surface area is 197 Å². The standard InChI is InChI=1S/C25H25ClN6O/c1-16(33)31-9-7-21(8-10-31)32-15-19(14-29-32)18-12-22(25(27)28-13-18)24-6-5-23(30-24)17-3-2-4-20(26)11-17/h2-6,11-15,21,30H,7-10H2,1H3,(H2,27,28). The molecule has 0 saturated carbocycles. The average Bonchev–Trinajstić information content (AvgIpc) is 3.50. The van der Waals surface area contributed by atoms with Crippen LogP contribution < -0.4 is 5.73 Å². The van der Waals surface area contributed by atoms with Crippen LogP contribution in [0, 0.1) is 0 Å². The lowest BCUT2D eigenvalue weighted by molar-refractivity contribution is -0.130. The molecule has 1 fully saturated rings. The van der Waals surface area contributed by atoms with E-state index in [1.165, 1.54) is 0 Å². The number of amides is 1. The summed E-state index contributed by atoms with van der Waals surface area (Å²) in [5, 5.41) is 5.29. The van der Waals surface area contributed by atoms with E-state index in [1.807, 2.05) is 58.2 Å². The van der Waals surface area contributed by atoms with Crippen LogP contribution in [-0.4, -0.2) is 43.6 Å². The molecular weight excluding hydrogens is 436 g/mol. The maximum Gasteiger partial charge on any atom is 0.219 e. The van der Waals surface area contributed by atoms with Crippen molar-refractivity contribution in [2.45, 2.75) is 25.8 Å². The second-order valence-corrected chi connectivity index (χ2v) is 8.84. The summed E-state index contributed by atoms with van der Waals surface area (Å²) in [7, 11) is 0. The third-order valence-corrected chi connectivity index (χ3v) is 6.48. The van der Waals surface area contributed by atoms with Gasteiger partial charge in [0.1, 0.15) is 5.82 Å². The zero-order chi connectivity index (χ0) is 22.9. The zero-order valence-electron chi connectivity index (χ0n) is 18.3. The van der Waals surface area contributed by atoms with E-state index in [2.05, 4.69) is 21.3 Å². The van der Waals surface area contributed by atoms with Crippen molar-refractivity contribution >= 4 is 23.3 Å². The van der Waals surface area contributed by atoms with Crippen molar-refractivity contribution in [3.05, 3.63) is 66.1 Å². The number of H-pyrrole nitrogens is 1. The number of nitrogens with two attached hydrogens (primary N) is 1. The van der Waals surface area contributed by atoms with Gasteiger partial charge in [-0.2, -0.15) is 5.10 Å². The van der Waals surface area contributed by atoms with Crippen molar-refractivity contribution < 1.29 is 4.79 Å². The van der Waals surface area contributed by atoms with E-state index in [0.29, 0.717) is 16.9 Å². The van der Waals surface area contributed by atoms with Crippen LogP contribution in [0.1, 0.15) is 25.8 Å². The molecule has 1 aromatic carbocycles. The van der Waals surface area contributed by atoms with Gasteiger partial charge in [-0.3, -0.25) is 9.48 Å². The maximum atomic E-state index is 11.6. The van der Waals surface area contributed by atoms with Gasteiger partial charge in [0.15, 0.2) is 0 Å². The zero-order valence-corrected chi connectivity index (χ0v) is 19.1. The molecule has 168 valence electrons. The van der Waals surface area contributed by atoms with E-state index < -0.39 is 0 Å². The molecule has 3 N–H and O–H groups in total. The molecular formula is C25H25ClN6O. The first-order valence-electron chi connectivity index (χ1n) is 11.0. The van der Waals surface area contributed by atoms with Crippen molar-refractivity contribution in [1.82, 2.24) is 24.6 Å². The number of nitrogens with one attached hydrogen (secondary N) is 1. The van der Waals surface area contributed by atoms with Crippen molar-refractivity contribution in [3.63, 3.8) is 0 Å². The Morgan fingerprint density at radius 2 is 1.85 bits per heavy atom. The summed E-state index contributed by atoms with van der Waals surface area (Å²) < 4.78 is 2.01. The number of benzene rings is 1. The highest BCUT2D eigenvalue weighted by molar-refractivity contribution is 6.30. The van der Waals surface area contributed by atoms with Crippen LogP contribution in [0.4, 0.5) is 5.82 Å². The van der Waals surface area contributed by atoms with Gasteiger partial charge in [-0.25, -0.2) is 4.98 Å². The molecule has 0 atom stereocenters. The minimum atomic E-state index is 0.137. The molecule has 0 spiro atoms. The van der Waals surface area contributed by atoms with E-state index in [4.69, 9.17) is 17.3 Å². The molecule has 4 heterocycles. The molecule has 4 aromatic rings. The van der Waals surface area contributed by atoms with Gasteiger partial charge in [0.2, 0.25) is 5.91 Å². The molecule has 0 unspecified atom stereocenters. The van der Waals surface area contributed by atoms with Gasteiger partial charge in [0, 0.05) is 65.5 Å². The maximum absolute atomic E-state index is 11.6. The van der Waals surface area contributed by atoms with Gasteiger partial charge >= 0.3 is 0 Å². The van der Waals surface area contributed by atoms with Gasteiger partial charge in [0.05, 0.1) is 12.2 Å². The van der Waals surface area contributed by atoms with Gasteiger partial charge in [-0.1, -0.05) is 23.7 Å². The average molecular weight is 461 g/mol. The minimum Gasteiger partial charge on any atom is -0.383 e. The van der Waals surface area contributed by atoms with Crippen LogP contribution in [0.3, 0.4) is 0 Å². The van der Waals surface area contributed by atoms with Gasteiger partial charge < -0.3 is 15.6 Å². The van der Waals surface area contributed by atoms with Crippen molar-refractivity contribution in [2.75, 3.05) is 18.8 Å². The summed E-state index contributed by atoms with van der Waals surface area (Å²) in [6, 6.07) is 14.1. The Morgan fingerprint density at radius 3 is 2.61 bits per heavy atom. The highest BCUT2D eigenvalue weighted by Gasteiger charge is 2.22. The topological polar surface area (TPSA) is 92.8 Å². The minimum absolute atomic E-state index is 0.137. The lowest BCUT2D eigenvalue weighted by atomic mass is 10.0. The first-order valence-corrected chi connectivity index (χ1v) is 11.4. The second-order valence-electron chi connectivity index (χ2n) is 8.40. The molecule has 5 rings (SSSR count). The number of carbonyl (C=O) groups is 1. The molecule has 8 heteroatoms. The summed E-state index contributed by atoms with van der Waals surface area (Å²) in [4.78, 5) is 21.3. The number of hydrogen-bond donors (Lipinski definition) is 2. The van der Waals surface area contributed by atoms with Gasteiger partial charge in [-0.05, 0) is 48.7 Å². The van der Waals surface area contributed by atoms with Crippen LogP contribution >= 0.6 is 11.6 Å². The Bertz CT molecular complexity index is 1300. The van der Waals surface area contributed by atoms with E-state index in [0.717, 1.165) is 59.6 Å². The number of halogens is 1. The van der Waals surface area contributed by atoms with E-state index in [1.54, 1.807) is 13.1 Å². The number of rotatable bonds is 4. The summed E-state index contributed by atoms with van der Waals surface area (Å²) in [6.45, 7) is 3.16. The molecule has 1 amide bonds. The van der Waals surface area contributed by atoms with E-state index >= 15 is 0 Å². The quantitative estimate of drug-likeness (QED) is 0.447. The molecule has 1 aliphatic rings. The predicted molar refractivity (Wildman–Crippen MR) is 131 cm³/mol.